The molecule has 0 saturated carbocycles. The van der Waals surface area contributed by atoms with E-state index >= 15 is 0 Å². The highest BCUT2D eigenvalue weighted by atomic mass is 16.5. The zero-order chi connectivity index (χ0) is 18.6. The Kier molecular flexibility index (Phi) is 5.53. The van der Waals surface area contributed by atoms with Gasteiger partial charge < -0.3 is 20.3 Å². The number of carbonyl (C=O) groups excluding carboxylic acids is 3. The Morgan fingerprint density at radius 1 is 1.28 bits per heavy atom. The highest BCUT2D eigenvalue weighted by Gasteiger charge is 2.25. The van der Waals surface area contributed by atoms with Crippen molar-refractivity contribution in [3.05, 3.63) is 46.8 Å². The summed E-state index contributed by atoms with van der Waals surface area (Å²) in [7, 11) is 0. The molecule has 8 nitrogen and oxygen atoms in total. The zero-order valence-electron chi connectivity index (χ0n) is 14.2. The van der Waals surface area contributed by atoms with E-state index in [-0.39, 0.29) is 5.56 Å². The van der Waals surface area contributed by atoms with Gasteiger partial charge >= 0.3 is 5.97 Å². The first kappa shape index (κ1) is 18.2. The second-order valence-electron chi connectivity index (χ2n) is 5.39. The summed E-state index contributed by atoms with van der Waals surface area (Å²) in [5, 5.41) is 6.38. The number of hydrogen-bond donors (Lipinski definition) is 2. The molecule has 25 heavy (non-hydrogen) atoms. The molecule has 0 saturated heterocycles. The van der Waals surface area contributed by atoms with Crippen molar-refractivity contribution in [1.29, 1.82) is 0 Å². The van der Waals surface area contributed by atoms with Crippen LogP contribution in [-0.4, -0.2) is 29.0 Å². The normalized spacial score (nSPS) is 11.6. The van der Waals surface area contributed by atoms with Gasteiger partial charge in [-0.05, 0) is 44.5 Å². The molecule has 132 valence electrons. The van der Waals surface area contributed by atoms with E-state index in [0.717, 1.165) is 0 Å². The van der Waals surface area contributed by atoms with Gasteiger partial charge in [-0.15, -0.1) is 0 Å². The van der Waals surface area contributed by atoms with Gasteiger partial charge in [0.1, 0.15) is 11.3 Å². The van der Waals surface area contributed by atoms with Crippen LogP contribution < -0.4 is 11.1 Å². The average molecular weight is 345 g/mol. The lowest BCUT2D eigenvalue weighted by molar-refractivity contribution is -0.123. The fourth-order valence-electron chi connectivity index (χ4n) is 2.16. The number of amides is 2. The molecular weight excluding hydrogens is 326 g/mol. The molecule has 1 atom stereocenters. The van der Waals surface area contributed by atoms with Crippen LogP contribution in [-0.2, 0) is 16.0 Å². The number of ether oxygens (including phenoxy) is 1. The third-order valence-corrected chi connectivity index (χ3v) is 3.56. The average Bonchev–Trinajstić information content (AvgIpc) is 2.96. The molecule has 0 aliphatic carbocycles. The Morgan fingerprint density at radius 3 is 2.48 bits per heavy atom. The predicted molar refractivity (Wildman–Crippen MR) is 89.1 cm³/mol. The molecule has 0 radical (unpaired) electrons. The summed E-state index contributed by atoms with van der Waals surface area (Å²) in [6, 6.07) is 6.04. The molecule has 2 aromatic rings. The number of esters is 1. The number of carbonyl (C=O) groups is 3. The van der Waals surface area contributed by atoms with E-state index in [2.05, 4.69) is 10.5 Å². The molecule has 0 aliphatic rings. The molecule has 0 unspecified atom stereocenters. The van der Waals surface area contributed by atoms with E-state index in [9.17, 15) is 14.4 Å². The van der Waals surface area contributed by atoms with Crippen LogP contribution in [0.2, 0.25) is 0 Å². The van der Waals surface area contributed by atoms with Crippen molar-refractivity contribution in [2.24, 2.45) is 5.73 Å². The molecule has 0 bridgehead atoms. The van der Waals surface area contributed by atoms with Crippen LogP contribution in [0, 0.1) is 6.92 Å². The molecule has 8 heteroatoms. The number of nitrogens with zero attached hydrogens (tertiary/aromatic N) is 1. The van der Waals surface area contributed by atoms with Crippen molar-refractivity contribution in [3.63, 3.8) is 0 Å². The Labute approximate surface area is 144 Å². The number of primary amides is 1. The molecule has 1 heterocycles. The van der Waals surface area contributed by atoms with Gasteiger partial charge in [-0.1, -0.05) is 12.1 Å². The van der Waals surface area contributed by atoms with E-state index in [1.54, 1.807) is 6.92 Å². The van der Waals surface area contributed by atoms with E-state index in [4.69, 9.17) is 15.0 Å². The molecule has 3 N–H and O–H groups in total. The number of rotatable bonds is 6. The van der Waals surface area contributed by atoms with Crippen LogP contribution in [0.3, 0.4) is 0 Å². The smallest absolute Gasteiger partial charge is 0.344 e. The third kappa shape index (κ3) is 4.23. The summed E-state index contributed by atoms with van der Waals surface area (Å²) in [5.41, 5.74) is 6.66. The second kappa shape index (κ2) is 7.61. The minimum Gasteiger partial charge on any atom is -0.449 e. The maximum absolute atomic E-state index is 12.2. The van der Waals surface area contributed by atoms with Gasteiger partial charge in [0, 0.05) is 11.3 Å². The van der Waals surface area contributed by atoms with Gasteiger partial charge in [-0.3, -0.25) is 9.59 Å². The van der Waals surface area contributed by atoms with Crippen molar-refractivity contribution >= 4 is 23.5 Å². The quantitative estimate of drug-likeness (QED) is 0.770. The van der Waals surface area contributed by atoms with Crippen LogP contribution in [0.25, 0.3) is 0 Å². The van der Waals surface area contributed by atoms with Crippen LogP contribution >= 0.6 is 0 Å². The molecule has 1 aromatic heterocycles. The van der Waals surface area contributed by atoms with Crippen LogP contribution in [0.1, 0.15) is 46.0 Å². The van der Waals surface area contributed by atoms with Gasteiger partial charge in [-0.25, -0.2) is 4.79 Å². The molecule has 2 rings (SSSR count). The third-order valence-electron chi connectivity index (χ3n) is 3.56. The first-order chi connectivity index (χ1) is 11.8. The molecular formula is C17H19N3O5. The van der Waals surface area contributed by atoms with E-state index in [0.29, 0.717) is 29.1 Å². The van der Waals surface area contributed by atoms with Crippen molar-refractivity contribution in [3.8, 4) is 0 Å². The number of anilines is 1. The van der Waals surface area contributed by atoms with Crippen molar-refractivity contribution < 1.29 is 23.6 Å². The minimum absolute atomic E-state index is 0.243. The van der Waals surface area contributed by atoms with Gasteiger partial charge in [0.05, 0.1) is 5.69 Å². The Hall–Kier alpha value is -3.16. The van der Waals surface area contributed by atoms with E-state index < -0.39 is 23.9 Å². The summed E-state index contributed by atoms with van der Waals surface area (Å²) >= 11 is 0. The lowest BCUT2D eigenvalue weighted by Crippen LogP contribution is -2.30. The van der Waals surface area contributed by atoms with Crippen LogP contribution in [0.5, 0.6) is 0 Å². The van der Waals surface area contributed by atoms with Crippen molar-refractivity contribution in [1.82, 2.24) is 5.16 Å². The number of nitrogens with one attached hydrogen (secondary N) is 1. The molecule has 0 aliphatic heterocycles. The maximum atomic E-state index is 12.2. The number of aryl methyl sites for hydroxylation is 2. The topological polar surface area (TPSA) is 125 Å². The monoisotopic (exact) mass is 345 g/mol. The zero-order valence-corrected chi connectivity index (χ0v) is 14.2. The highest BCUT2D eigenvalue weighted by Crippen LogP contribution is 2.17. The highest BCUT2D eigenvalue weighted by molar-refractivity contribution is 5.98. The number of nitrogens with two attached hydrogens (primary N) is 1. The summed E-state index contributed by atoms with van der Waals surface area (Å²) in [4.78, 5) is 35.4. The predicted octanol–water partition coefficient (Wildman–Crippen LogP) is 1.83. The van der Waals surface area contributed by atoms with Crippen LogP contribution in [0.4, 0.5) is 5.69 Å². The Balaban J connectivity index is 2.01. The van der Waals surface area contributed by atoms with Gasteiger partial charge in [0.25, 0.3) is 5.91 Å². The summed E-state index contributed by atoms with van der Waals surface area (Å²) in [6.07, 6.45) is -0.517. The lowest BCUT2D eigenvalue weighted by atomic mass is 10.1. The molecule has 2 amide bonds. The first-order valence-corrected chi connectivity index (χ1v) is 7.70. The van der Waals surface area contributed by atoms with Crippen LogP contribution in [0.15, 0.2) is 28.8 Å². The van der Waals surface area contributed by atoms with Gasteiger partial charge in [-0.2, -0.15) is 0 Å². The lowest BCUT2D eigenvalue weighted by Gasteiger charge is -2.13. The maximum Gasteiger partial charge on any atom is 0.344 e. The summed E-state index contributed by atoms with van der Waals surface area (Å²) in [6.45, 7) is 4.90. The SMILES string of the molecule is CCc1noc(C)c1C(=O)O[C@H](C)C(=O)Nc1ccc(C(N)=O)cc1. The van der Waals surface area contributed by atoms with Crippen molar-refractivity contribution in [2.45, 2.75) is 33.3 Å². The van der Waals surface area contributed by atoms with Gasteiger partial charge in [0.2, 0.25) is 5.91 Å². The largest absolute Gasteiger partial charge is 0.449 e. The summed E-state index contributed by atoms with van der Waals surface area (Å²) in [5.74, 6) is -1.39. The van der Waals surface area contributed by atoms with E-state index in [1.165, 1.54) is 31.2 Å². The Bertz CT molecular complexity index is 795. The molecule has 0 fully saturated rings. The Morgan fingerprint density at radius 2 is 1.92 bits per heavy atom. The molecule has 0 spiro atoms. The second-order valence-corrected chi connectivity index (χ2v) is 5.39. The first-order valence-electron chi connectivity index (χ1n) is 7.70. The molecule has 1 aromatic carbocycles. The fourth-order valence-corrected chi connectivity index (χ4v) is 2.16. The van der Waals surface area contributed by atoms with Gasteiger partial charge in [0.15, 0.2) is 6.10 Å². The minimum atomic E-state index is -1.03. The number of aromatic nitrogens is 1. The summed E-state index contributed by atoms with van der Waals surface area (Å²) < 4.78 is 10.2. The standard InChI is InChI=1S/C17H19N3O5/c1-4-13-14(9(2)25-20-13)17(23)24-10(3)16(22)19-12-7-5-11(6-8-12)15(18)21/h5-8,10H,4H2,1-3H3,(H2,18,21)(H,19,22)/t10-/m1/s1. The number of benzene rings is 1. The number of hydrogen-bond acceptors (Lipinski definition) is 6. The fraction of sp³-hybridized carbons (Fsp3) is 0.294. The van der Waals surface area contributed by atoms with Crippen molar-refractivity contribution in [2.75, 3.05) is 5.32 Å². The van der Waals surface area contributed by atoms with E-state index in [1.807, 2.05) is 6.92 Å².